The van der Waals surface area contributed by atoms with Gasteiger partial charge >= 0.3 is 0 Å². The minimum atomic E-state index is -0.640. The number of aliphatic hydroxyl groups excluding tert-OH is 1. The van der Waals surface area contributed by atoms with Crippen LogP contribution in [-0.4, -0.2) is 64.5 Å². The number of nitrogens with one attached hydrogen (secondary N) is 1. The lowest BCUT2D eigenvalue weighted by atomic mass is 10.1. The molecule has 1 atom stereocenters. The summed E-state index contributed by atoms with van der Waals surface area (Å²) < 4.78 is 25.6. The molecule has 0 saturated carbocycles. The van der Waals surface area contributed by atoms with Gasteiger partial charge in [-0.2, -0.15) is 0 Å². The normalized spacial score (nSPS) is 15.4. The maximum Gasteiger partial charge on any atom is 0.163 e. The average molecular weight is 477 g/mol. The number of rotatable bonds is 8. The predicted molar refractivity (Wildman–Crippen MR) is 124 cm³/mol. The minimum Gasteiger partial charge on any atom is -0.506 e. The highest BCUT2D eigenvalue weighted by Gasteiger charge is 2.18. The van der Waals surface area contributed by atoms with Crippen molar-refractivity contribution in [2.45, 2.75) is 25.4 Å². The molecule has 2 aromatic carbocycles. The predicted octanol–water partition coefficient (Wildman–Crippen LogP) is 4.11. The van der Waals surface area contributed by atoms with E-state index in [2.05, 4.69) is 20.2 Å². The zero-order valence-electron chi connectivity index (χ0n) is 18.2. The van der Waals surface area contributed by atoms with E-state index in [-0.39, 0.29) is 23.1 Å². The molecule has 0 bridgehead atoms. The van der Waals surface area contributed by atoms with Crippen LogP contribution in [0.1, 0.15) is 19.3 Å². The second kappa shape index (κ2) is 10.4. The number of ether oxygens (including phenoxy) is 2. The lowest BCUT2D eigenvalue weighted by Crippen LogP contribution is -2.38. The number of aromatic hydroxyl groups is 1. The van der Waals surface area contributed by atoms with Crippen LogP contribution in [0, 0.1) is 5.82 Å². The number of aliphatic hydroxyl groups is 1. The smallest absolute Gasteiger partial charge is 0.163 e. The number of likely N-dealkylation sites (tertiary alicyclic amines) is 1. The Balaban J connectivity index is 1.53. The van der Waals surface area contributed by atoms with Crippen LogP contribution in [0.5, 0.6) is 17.2 Å². The van der Waals surface area contributed by atoms with E-state index in [0.29, 0.717) is 34.8 Å². The van der Waals surface area contributed by atoms with E-state index in [1.807, 2.05) is 0 Å². The van der Waals surface area contributed by atoms with E-state index < -0.39 is 11.9 Å². The van der Waals surface area contributed by atoms with Crippen LogP contribution in [0.3, 0.4) is 0 Å². The maximum absolute atomic E-state index is 14.3. The summed E-state index contributed by atoms with van der Waals surface area (Å²) in [5.74, 6) is 0.276. The van der Waals surface area contributed by atoms with Crippen LogP contribution < -0.4 is 14.8 Å². The van der Waals surface area contributed by atoms with Gasteiger partial charge in [0, 0.05) is 24.1 Å². The number of halogens is 2. The maximum atomic E-state index is 14.3. The fraction of sp³-hybridized carbons (Fsp3) is 0.391. The van der Waals surface area contributed by atoms with E-state index >= 15 is 0 Å². The van der Waals surface area contributed by atoms with E-state index in [0.717, 1.165) is 32.0 Å². The molecule has 0 aliphatic carbocycles. The van der Waals surface area contributed by atoms with Crippen molar-refractivity contribution in [1.29, 1.82) is 0 Å². The van der Waals surface area contributed by atoms with Gasteiger partial charge in [-0.05, 0) is 38.1 Å². The molecule has 4 rings (SSSR count). The highest BCUT2D eigenvalue weighted by molar-refractivity contribution is 6.32. The van der Waals surface area contributed by atoms with Gasteiger partial charge in [0.25, 0.3) is 0 Å². The number of methoxy groups -OCH3 is 1. The second-order valence-corrected chi connectivity index (χ2v) is 8.38. The lowest BCUT2D eigenvalue weighted by Gasteiger charge is -2.28. The lowest BCUT2D eigenvalue weighted by molar-refractivity contribution is 0.0609. The standard InChI is InChI=1S/C23H26ClFN4O4/c1-32-21-7-15-18(10-22(21)33-12-14(30)11-29-5-3-2-4-6-29)26-13-27-23(15)28-19-9-20(31)16(24)8-17(19)25/h7-10,13-14,30-31H,2-6,11-12H2,1H3,(H,26,27,28). The Kier molecular flexibility index (Phi) is 7.32. The number of hydrogen-bond donors (Lipinski definition) is 3. The Morgan fingerprint density at radius 3 is 2.70 bits per heavy atom. The fourth-order valence-corrected chi connectivity index (χ4v) is 4.03. The van der Waals surface area contributed by atoms with E-state index in [1.54, 1.807) is 12.1 Å². The number of phenols is 1. The zero-order valence-corrected chi connectivity index (χ0v) is 19.0. The largest absolute Gasteiger partial charge is 0.506 e. The fourth-order valence-electron chi connectivity index (χ4n) is 3.88. The molecule has 3 aromatic rings. The van der Waals surface area contributed by atoms with E-state index in [1.165, 1.54) is 25.9 Å². The van der Waals surface area contributed by atoms with Crippen LogP contribution in [0.2, 0.25) is 5.02 Å². The molecule has 1 saturated heterocycles. The van der Waals surface area contributed by atoms with Crippen molar-refractivity contribution in [3.8, 4) is 17.2 Å². The summed E-state index contributed by atoms with van der Waals surface area (Å²) in [4.78, 5) is 10.7. The molecule has 176 valence electrons. The van der Waals surface area contributed by atoms with Crippen LogP contribution in [-0.2, 0) is 0 Å². The monoisotopic (exact) mass is 476 g/mol. The number of benzene rings is 2. The Bertz CT molecular complexity index is 1130. The SMILES string of the molecule is COc1cc2c(Nc3cc(O)c(Cl)cc3F)ncnc2cc1OCC(O)CN1CCCCC1. The third-order valence-electron chi connectivity index (χ3n) is 5.56. The molecule has 33 heavy (non-hydrogen) atoms. The number of β-amino-alcohol motifs (C(OH)–C–C–N with tert-alkyl or cyclic N) is 1. The molecule has 1 aliphatic rings. The Morgan fingerprint density at radius 2 is 1.94 bits per heavy atom. The van der Waals surface area contributed by atoms with E-state index in [4.69, 9.17) is 21.1 Å². The minimum absolute atomic E-state index is 0.0111. The Morgan fingerprint density at radius 1 is 1.15 bits per heavy atom. The average Bonchev–Trinajstić information content (AvgIpc) is 2.81. The number of fused-ring (bicyclic) bond motifs is 1. The molecule has 2 heterocycles. The Labute approximate surface area is 195 Å². The van der Waals surface area contributed by atoms with Gasteiger partial charge in [0.05, 0.1) is 23.3 Å². The molecule has 1 fully saturated rings. The summed E-state index contributed by atoms with van der Waals surface area (Å²) in [5.41, 5.74) is 0.546. The van der Waals surface area contributed by atoms with E-state index in [9.17, 15) is 14.6 Å². The summed E-state index contributed by atoms with van der Waals surface area (Å²) >= 11 is 5.75. The highest BCUT2D eigenvalue weighted by atomic mass is 35.5. The second-order valence-electron chi connectivity index (χ2n) is 7.98. The number of phenolic OH excluding ortho intramolecular Hbond substituents is 1. The number of aromatic nitrogens is 2. The molecule has 1 unspecified atom stereocenters. The first-order valence-electron chi connectivity index (χ1n) is 10.8. The molecule has 1 aromatic heterocycles. The molecule has 0 spiro atoms. The third-order valence-corrected chi connectivity index (χ3v) is 5.86. The van der Waals surface area contributed by atoms with Crippen LogP contribution in [0.15, 0.2) is 30.6 Å². The first-order chi connectivity index (χ1) is 15.9. The van der Waals surface area contributed by atoms with Crippen LogP contribution in [0.4, 0.5) is 15.9 Å². The number of piperidine rings is 1. The highest BCUT2D eigenvalue weighted by Crippen LogP contribution is 2.36. The first-order valence-corrected chi connectivity index (χ1v) is 11.1. The summed E-state index contributed by atoms with van der Waals surface area (Å²) in [7, 11) is 1.51. The molecule has 8 nitrogen and oxygen atoms in total. The number of hydrogen-bond acceptors (Lipinski definition) is 8. The van der Waals surface area contributed by atoms with Gasteiger partial charge < -0.3 is 29.9 Å². The number of anilines is 2. The van der Waals surface area contributed by atoms with Gasteiger partial charge in [0.1, 0.15) is 36.4 Å². The molecule has 0 radical (unpaired) electrons. The summed E-state index contributed by atoms with van der Waals surface area (Å²) in [6.07, 6.45) is 4.25. The van der Waals surface area contributed by atoms with Crippen molar-refractivity contribution in [2.24, 2.45) is 0 Å². The third kappa shape index (κ3) is 5.55. The van der Waals surface area contributed by atoms with Crippen LogP contribution in [0.25, 0.3) is 10.9 Å². The van der Waals surface area contributed by atoms with Gasteiger partial charge in [-0.1, -0.05) is 18.0 Å². The van der Waals surface area contributed by atoms with Gasteiger partial charge in [-0.3, -0.25) is 0 Å². The molecule has 0 amide bonds. The quantitative estimate of drug-likeness (QED) is 0.446. The van der Waals surface area contributed by atoms with Crippen molar-refractivity contribution in [3.63, 3.8) is 0 Å². The molecular formula is C23H26ClFN4O4. The van der Waals surface area contributed by atoms with Crippen molar-refractivity contribution in [2.75, 3.05) is 38.7 Å². The van der Waals surface area contributed by atoms with Crippen molar-refractivity contribution >= 4 is 34.0 Å². The van der Waals surface area contributed by atoms with Crippen molar-refractivity contribution < 1.29 is 24.1 Å². The molecule has 3 N–H and O–H groups in total. The Hall–Kier alpha value is -2.88. The molecule has 10 heteroatoms. The van der Waals surface area contributed by atoms with Gasteiger partial charge in [-0.25, -0.2) is 14.4 Å². The van der Waals surface area contributed by atoms with Crippen molar-refractivity contribution in [3.05, 3.63) is 41.4 Å². The first kappa shape index (κ1) is 23.3. The van der Waals surface area contributed by atoms with Gasteiger partial charge in [0.15, 0.2) is 11.5 Å². The summed E-state index contributed by atoms with van der Waals surface area (Å²) in [6.45, 7) is 2.67. The number of nitrogens with zero attached hydrogens (tertiary/aromatic N) is 3. The van der Waals surface area contributed by atoms with Gasteiger partial charge in [0.2, 0.25) is 0 Å². The molecular weight excluding hydrogens is 451 g/mol. The van der Waals surface area contributed by atoms with Crippen LogP contribution >= 0.6 is 11.6 Å². The topological polar surface area (TPSA) is 100.0 Å². The zero-order chi connectivity index (χ0) is 23.4. The molecule has 1 aliphatic heterocycles. The summed E-state index contributed by atoms with van der Waals surface area (Å²) in [6, 6.07) is 5.57. The summed E-state index contributed by atoms with van der Waals surface area (Å²) in [5, 5.41) is 23.6. The van der Waals surface area contributed by atoms with Crippen molar-refractivity contribution in [1.82, 2.24) is 14.9 Å². The van der Waals surface area contributed by atoms with Gasteiger partial charge in [-0.15, -0.1) is 0 Å².